The van der Waals surface area contributed by atoms with Crippen LogP contribution in [0.1, 0.15) is 36.4 Å². The number of nitrogens with one attached hydrogen (secondary N) is 1. The van der Waals surface area contributed by atoms with Crippen LogP contribution in [0.25, 0.3) is 0 Å². The number of carbonyl (C=O) groups is 2. The van der Waals surface area contributed by atoms with Gasteiger partial charge in [0, 0.05) is 19.0 Å². The Morgan fingerprint density at radius 1 is 1.24 bits per heavy atom. The van der Waals surface area contributed by atoms with Crippen molar-refractivity contribution in [3.05, 3.63) is 17.0 Å². The average Bonchev–Trinajstić information content (AvgIpc) is 3.18. The first-order valence-corrected chi connectivity index (χ1v) is 8.20. The van der Waals surface area contributed by atoms with E-state index >= 15 is 0 Å². The van der Waals surface area contributed by atoms with Crippen molar-refractivity contribution >= 4 is 28.2 Å². The van der Waals surface area contributed by atoms with Crippen LogP contribution in [0.5, 0.6) is 0 Å². The summed E-state index contributed by atoms with van der Waals surface area (Å²) in [6, 6.07) is 3.60. The zero-order chi connectivity index (χ0) is 15.0. The molecule has 3 rings (SSSR count). The van der Waals surface area contributed by atoms with Crippen molar-refractivity contribution in [3.63, 3.8) is 0 Å². The third kappa shape index (κ3) is 3.44. The number of thiophene rings is 1. The Kier molecular flexibility index (Phi) is 3.99. The lowest BCUT2D eigenvalue weighted by Gasteiger charge is -2.35. The van der Waals surface area contributed by atoms with E-state index in [1.54, 1.807) is 6.07 Å². The van der Waals surface area contributed by atoms with Gasteiger partial charge in [0.2, 0.25) is 5.91 Å². The van der Waals surface area contributed by atoms with Crippen LogP contribution < -0.4 is 5.32 Å². The molecule has 6 heteroatoms. The molecule has 0 bridgehead atoms. The minimum atomic E-state index is 0.0221. The van der Waals surface area contributed by atoms with E-state index in [1.165, 1.54) is 11.3 Å². The average molecular weight is 308 g/mol. The molecular formula is C15H20N2O3S. The van der Waals surface area contributed by atoms with E-state index in [0.717, 1.165) is 17.8 Å². The first-order chi connectivity index (χ1) is 10.0. The molecule has 0 aromatic carbocycles. The maximum Gasteiger partial charge on any atom is 0.264 e. The fourth-order valence-corrected chi connectivity index (χ4v) is 3.47. The number of morpholine rings is 1. The van der Waals surface area contributed by atoms with Gasteiger partial charge in [0.15, 0.2) is 0 Å². The van der Waals surface area contributed by atoms with Crippen molar-refractivity contribution in [3.8, 4) is 0 Å². The molecule has 0 spiro atoms. The second kappa shape index (κ2) is 5.77. The molecule has 21 heavy (non-hydrogen) atoms. The number of hydrogen-bond acceptors (Lipinski definition) is 4. The summed E-state index contributed by atoms with van der Waals surface area (Å²) in [7, 11) is 0. The number of carbonyl (C=O) groups excluding carboxylic acids is 2. The van der Waals surface area contributed by atoms with Crippen LogP contribution in [0, 0.1) is 5.92 Å². The number of ether oxygens (including phenoxy) is 1. The molecule has 1 aromatic rings. The topological polar surface area (TPSA) is 58.6 Å². The van der Waals surface area contributed by atoms with Crippen molar-refractivity contribution in [1.82, 2.24) is 4.90 Å². The first kappa shape index (κ1) is 14.5. The number of nitrogens with zero attached hydrogens (tertiary/aromatic N) is 1. The summed E-state index contributed by atoms with van der Waals surface area (Å²) >= 11 is 1.35. The van der Waals surface area contributed by atoms with Gasteiger partial charge in [-0.2, -0.15) is 0 Å². The highest BCUT2D eigenvalue weighted by atomic mass is 32.1. The minimum Gasteiger partial charge on any atom is -0.372 e. The van der Waals surface area contributed by atoms with Crippen LogP contribution in [0.3, 0.4) is 0 Å². The summed E-state index contributed by atoms with van der Waals surface area (Å²) in [6.45, 7) is 5.19. The lowest BCUT2D eigenvalue weighted by atomic mass is 10.2. The highest BCUT2D eigenvalue weighted by Crippen LogP contribution is 2.32. The van der Waals surface area contributed by atoms with Gasteiger partial charge in [-0.3, -0.25) is 9.59 Å². The Morgan fingerprint density at radius 2 is 1.90 bits per heavy atom. The Bertz CT molecular complexity index is 543. The van der Waals surface area contributed by atoms with Gasteiger partial charge in [-0.1, -0.05) is 0 Å². The van der Waals surface area contributed by atoms with Crippen LogP contribution in [0.4, 0.5) is 5.00 Å². The zero-order valence-corrected chi connectivity index (χ0v) is 13.1. The fourth-order valence-electron chi connectivity index (χ4n) is 2.59. The second-order valence-electron chi connectivity index (χ2n) is 5.89. The molecule has 1 aliphatic carbocycles. The molecule has 1 aromatic heterocycles. The van der Waals surface area contributed by atoms with Gasteiger partial charge in [-0.15, -0.1) is 11.3 Å². The quantitative estimate of drug-likeness (QED) is 0.932. The van der Waals surface area contributed by atoms with Crippen LogP contribution in [-0.2, 0) is 9.53 Å². The van der Waals surface area contributed by atoms with E-state index < -0.39 is 0 Å². The van der Waals surface area contributed by atoms with Crippen molar-refractivity contribution in [2.24, 2.45) is 5.92 Å². The fraction of sp³-hybridized carbons (Fsp3) is 0.600. The summed E-state index contributed by atoms with van der Waals surface area (Å²) in [5.41, 5.74) is 0. The summed E-state index contributed by atoms with van der Waals surface area (Å²) in [6.07, 6.45) is 2.08. The molecule has 0 unspecified atom stereocenters. The molecule has 2 fully saturated rings. The summed E-state index contributed by atoms with van der Waals surface area (Å²) in [5, 5.41) is 3.64. The maximum atomic E-state index is 12.5. The molecule has 2 atom stereocenters. The van der Waals surface area contributed by atoms with Crippen molar-refractivity contribution < 1.29 is 14.3 Å². The Labute approximate surface area is 128 Å². The van der Waals surface area contributed by atoms with Crippen molar-refractivity contribution in [2.45, 2.75) is 38.9 Å². The van der Waals surface area contributed by atoms with Crippen LogP contribution in [-0.4, -0.2) is 42.0 Å². The lowest BCUT2D eigenvalue weighted by molar-refractivity contribution is -0.117. The van der Waals surface area contributed by atoms with Gasteiger partial charge in [0.25, 0.3) is 5.91 Å². The summed E-state index contributed by atoms with van der Waals surface area (Å²) < 4.78 is 5.65. The molecule has 2 heterocycles. The lowest BCUT2D eigenvalue weighted by Crippen LogP contribution is -2.48. The van der Waals surface area contributed by atoms with E-state index in [2.05, 4.69) is 5.32 Å². The number of amides is 2. The van der Waals surface area contributed by atoms with Crippen LogP contribution >= 0.6 is 11.3 Å². The molecular weight excluding hydrogens is 288 g/mol. The summed E-state index contributed by atoms with van der Waals surface area (Å²) in [4.78, 5) is 26.7. The van der Waals surface area contributed by atoms with Crippen LogP contribution in [0.15, 0.2) is 12.1 Å². The largest absolute Gasteiger partial charge is 0.372 e. The molecule has 1 N–H and O–H groups in total. The van der Waals surface area contributed by atoms with Gasteiger partial charge in [0.05, 0.1) is 22.1 Å². The van der Waals surface area contributed by atoms with Gasteiger partial charge in [0.1, 0.15) is 0 Å². The van der Waals surface area contributed by atoms with E-state index in [-0.39, 0.29) is 29.9 Å². The third-order valence-electron chi connectivity index (χ3n) is 3.72. The predicted molar refractivity (Wildman–Crippen MR) is 81.6 cm³/mol. The smallest absolute Gasteiger partial charge is 0.264 e. The number of anilines is 1. The minimum absolute atomic E-state index is 0.0221. The molecule has 0 radical (unpaired) electrons. The van der Waals surface area contributed by atoms with E-state index in [4.69, 9.17) is 4.74 Å². The molecule has 114 valence electrons. The van der Waals surface area contributed by atoms with Gasteiger partial charge in [-0.25, -0.2) is 0 Å². The Morgan fingerprint density at radius 3 is 2.52 bits per heavy atom. The van der Waals surface area contributed by atoms with E-state index in [0.29, 0.717) is 18.0 Å². The maximum absolute atomic E-state index is 12.5. The second-order valence-corrected chi connectivity index (χ2v) is 6.98. The van der Waals surface area contributed by atoms with Crippen molar-refractivity contribution in [1.29, 1.82) is 0 Å². The van der Waals surface area contributed by atoms with E-state index in [1.807, 2.05) is 24.8 Å². The first-order valence-electron chi connectivity index (χ1n) is 7.38. The highest BCUT2D eigenvalue weighted by molar-refractivity contribution is 7.18. The zero-order valence-electron chi connectivity index (χ0n) is 12.3. The monoisotopic (exact) mass is 308 g/mol. The molecule has 2 aliphatic rings. The molecule has 5 nitrogen and oxygen atoms in total. The Hall–Kier alpha value is -1.40. The molecule has 1 saturated heterocycles. The molecule has 1 saturated carbocycles. The summed E-state index contributed by atoms with van der Waals surface area (Å²) in [5.74, 6) is 0.269. The SMILES string of the molecule is C[C@@H]1CN(C(=O)c2ccc(NC(=O)C3CC3)s2)C[C@H](C)O1. The van der Waals surface area contributed by atoms with Gasteiger partial charge < -0.3 is 15.0 Å². The van der Waals surface area contributed by atoms with E-state index in [9.17, 15) is 9.59 Å². The standard InChI is InChI=1S/C15H20N2O3S/c1-9-7-17(8-10(2)20-9)15(19)12-5-6-13(21-12)16-14(18)11-3-4-11/h5-6,9-11H,3-4,7-8H2,1-2H3,(H,16,18)/t9-,10+. The van der Waals surface area contributed by atoms with Crippen LogP contribution in [0.2, 0.25) is 0 Å². The number of rotatable bonds is 3. The number of hydrogen-bond donors (Lipinski definition) is 1. The third-order valence-corrected chi connectivity index (χ3v) is 4.71. The van der Waals surface area contributed by atoms with Gasteiger partial charge in [-0.05, 0) is 38.8 Å². The van der Waals surface area contributed by atoms with Gasteiger partial charge >= 0.3 is 0 Å². The predicted octanol–water partition coefficient (Wildman–Crippen LogP) is 2.35. The molecule has 1 aliphatic heterocycles. The van der Waals surface area contributed by atoms with Crippen molar-refractivity contribution in [2.75, 3.05) is 18.4 Å². The normalized spacial score (nSPS) is 25.7. The highest BCUT2D eigenvalue weighted by Gasteiger charge is 2.30. The molecule has 2 amide bonds. The Balaban J connectivity index is 1.64.